The average molecular weight is 374 g/mol. The molecule has 0 saturated carbocycles. The van der Waals surface area contributed by atoms with Gasteiger partial charge in [-0.25, -0.2) is 13.2 Å². The molecule has 0 aliphatic carbocycles. The van der Waals surface area contributed by atoms with E-state index in [9.17, 15) is 22.8 Å². The zero-order valence-electron chi connectivity index (χ0n) is 13.8. The Morgan fingerprint density at radius 1 is 0.963 bits per heavy atom. The van der Waals surface area contributed by atoms with Gasteiger partial charge < -0.3 is 10.2 Å². The molecule has 3 rings (SSSR count). The van der Waals surface area contributed by atoms with Crippen LogP contribution in [0.15, 0.2) is 65.6 Å². The van der Waals surface area contributed by atoms with Gasteiger partial charge in [-0.05, 0) is 42.0 Å². The Balaban J connectivity index is 1.79. The maximum atomic E-state index is 13.7. The molecule has 1 heterocycles. The predicted molar refractivity (Wildman–Crippen MR) is 91.7 cm³/mol. The van der Waals surface area contributed by atoms with Gasteiger partial charge in [-0.3, -0.25) is 9.59 Å². The molecule has 0 spiro atoms. The van der Waals surface area contributed by atoms with Crippen LogP contribution in [0.5, 0.6) is 0 Å². The fraction of sp³-hybridized carbons (Fsp3) is 0.0526. The number of hydrogen-bond donors (Lipinski definition) is 1. The van der Waals surface area contributed by atoms with E-state index >= 15 is 0 Å². The minimum absolute atomic E-state index is 0.0484. The summed E-state index contributed by atoms with van der Waals surface area (Å²) in [6, 6.07) is 11.1. The number of amides is 1. The van der Waals surface area contributed by atoms with E-state index in [-0.39, 0.29) is 12.2 Å². The van der Waals surface area contributed by atoms with Crippen molar-refractivity contribution in [2.45, 2.75) is 6.61 Å². The fourth-order valence-corrected chi connectivity index (χ4v) is 2.27. The summed E-state index contributed by atoms with van der Waals surface area (Å²) >= 11 is 0. The van der Waals surface area contributed by atoms with Crippen molar-refractivity contribution in [2.75, 3.05) is 5.32 Å². The van der Waals surface area contributed by atoms with Gasteiger partial charge in [0.05, 0.1) is 0 Å². The first-order chi connectivity index (χ1) is 13.0. The van der Waals surface area contributed by atoms with Crippen molar-refractivity contribution in [1.82, 2.24) is 4.73 Å². The molecule has 0 aliphatic heterocycles. The number of benzene rings is 2. The van der Waals surface area contributed by atoms with Crippen molar-refractivity contribution in [2.24, 2.45) is 0 Å². The Labute approximate surface area is 151 Å². The SMILES string of the molecule is O=C(Nc1c(F)cccc1F)c1cccn(OCc2ccc(F)cc2)c1=O. The van der Waals surface area contributed by atoms with E-state index in [1.807, 2.05) is 5.32 Å². The smallest absolute Gasteiger partial charge is 0.295 e. The molecule has 5 nitrogen and oxygen atoms in total. The van der Waals surface area contributed by atoms with Crippen LogP contribution in [0.1, 0.15) is 15.9 Å². The van der Waals surface area contributed by atoms with Crippen LogP contribution in [0.3, 0.4) is 0 Å². The van der Waals surface area contributed by atoms with Gasteiger partial charge >= 0.3 is 0 Å². The number of para-hydroxylation sites is 1. The number of hydrogen-bond acceptors (Lipinski definition) is 3. The van der Waals surface area contributed by atoms with Gasteiger partial charge in [0, 0.05) is 6.20 Å². The zero-order valence-corrected chi connectivity index (χ0v) is 13.8. The van der Waals surface area contributed by atoms with Gasteiger partial charge in [0.25, 0.3) is 11.5 Å². The molecule has 27 heavy (non-hydrogen) atoms. The second-order valence-corrected chi connectivity index (χ2v) is 5.50. The van der Waals surface area contributed by atoms with Crippen molar-refractivity contribution >= 4 is 11.6 Å². The Hall–Kier alpha value is -3.55. The highest BCUT2D eigenvalue weighted by Gasteiger charge is 2.17. The zero-order chi connectivity index (χ0) is 19.4. The second-order valence-electron chi connectivity index (χ2n) is 5.50. The Morgan fingerprint density at radius 2 is 1.63 bits per heavy atom. The number of halogens is 3. The van der Waals surface area contributed by atoms with Crippen LogP contribution < -0.4 is 15.7 Å². The van der Waals surface area contributed by atoms with Crippen LogP contribution in [0.4, 0.5) is 18.9 Å². The fourth-order valence-electron chi connectivity index (χ4n) is 2.27. The number of aromatic nitrogens is 1. The van der Waals surface area contributed by atoms with E-state index in [0.717, 1.165) is 22.9 Å². The summed E-state index contributed by atoms with van der Waals surface area (Å²) in [4.78, 5) is 29.9. The molecular weight excluding hydrogens is 361 g/mol. The second kappa shape index (κ2) is 7.77. The third kappa shape index (κ3) is 4.17. The molecule has 0 aliphatic rings. The molecule has 1 amide bonds. The summed E-state index contributed by atoms with van der Waals surface area (Å²) in [6.07, 6.45) is 1.28. The van der Waals surface area contributed by atoms with E-state index in [1.165, 1.54) is 42.6 Å². The van der Waals surface area contributed by atoms with E-state index in [0.29, 0.717) is 5.56 Å². The largest absolute Gasteiger partial charge is 0.406 e. The first-order valence-electron chi connectivity index (χ1n) is 7.80. The molecule has 0 atom stereocenters. The maximum absolute atomic E-state index is 13.7. The highest BCUT2D eigenvalue weighted by molar-refractivity contribution is 6.04. The molecule has 1 N–H and O–H groups in total. The lowest BCUT2D eigenvalue weighted by atomic mass is 10.2. The van der Waals surface area contributed by atoms with Crippen LogP contribution in [-0.2, 0) is 6.61 Å². The lowest BCUT2D eigenvalue weighted by molar-refractivity contribution is 0.0863. The lowest BCUT2D eigenvalue weighted by Crippen LogP contribution is -2.32. The predicted octanol–water partition coefficient (Wildman–Crippen LogP) is 3.15. The number of anilines is 1. The number of nitrogens with one attached hydrogen (secondary N) is 1. The first kappa shape index (κ1) is 18.2. The van der Waals surface area contributed by atoms with Gasteiger partial charge in [-0.1, -0.05) is 18.2 Å². The van der Waals surface area contributed by atoms with E-state index in [1.54, 1.807) is 0 Å². The molecule has 0 saturated heterocycles. The van der Waals surface area contributed by atoms with Crippen LogP contribution in [0.25, 0.3) is 0 Å². The first-order valence-corrected chi connectivity index (χ1v) is 7.80. The quantitative estimate of drug-likeness (QED) is 0.746. The average Bonchev–Trinajstić information content (AvgIpc) is 2.65. The third-order valence-electron chi connectivity index (χ3n) is 3.64. The van der Waals surface area contributed by atoms with Crippen molar-refractivity contribution in [1.29, 1.82) is 0 Å². The summed E-state index contributed by atoms with van der Waals surface area (Å²) < 4.78 is 41.0. The standard InChI is InChI=1S/C19H13F3N2O3/c20-13-8-6-12(7-9-13)11-27-24-10-2-3-14(19(24)26)18(25)23-17-15(21)4-1-5-16(17)22/h1-10H,11H2,(H,23,25). The normalized spacial score (nSPS) is 10.5. The van der Waals surface area contributed by atoms with Gasteiger partial charge in [0.2, 0.25) is 0 Å². The summed E-state index contributed by atoms with van der Waals surface area (Å²) in [5.74, 6) is -3.32. The van der Waals surface area contributed by atoms with Gasteiger partial charge in [0.1, 0.15) is 35.3 Å². The van der Waals surface area contributed by atoms with E-state index < -0.39 is 34.6 Å². The molecule has 0 unspecified atom stereocenters. The minimum atomic E-state index is -0.983. The highest BCUT2D eigenvalue weighted by Crippen LogP contribution is 2.18. The number of nitrogens with zero attached hydrogens (tertiary/aromatic N) is 1. The Bertz CT molecular complexity index is 1010. The summed E-state index contributed by atoms with van der Waals surface area (Å²) in [5, 5.41) is 2.04. The topological polar surface area (TPSA) is 60.3 Å². The minimum Gasteiger partial charge on any atom is -0.406 e. The van der Waals surface area contributed by atoms with E-state index in [4.69, 9.17) is 4.84 Å². The summed E-state index contributed by atoms with van der Waals surface area (Å²) in [7, 11) is 0. The molecular formula is C19H13F3N2O3. The molecule has 0 fully saturated rings. The van der Waals surface area contributed by atoms with Crippen molar-refractivity contribution < 1.29 is 22.8 Å². The number of carbonyl (C=O) groups is 1. The third-order valence-corrected chi connectivity index (χ3v) is 3.64. The number of carbonyl (C=O) groups excluding carboxylic acids is 1. The molecule has 0 bridgehead atoms. The molecule has 1 aromatic heterocycles. The molecule has 3 aromatic rings. The molecule has 2 aromatic carbocycles. The maximum Gasteiger partial charge on any atom is 0.295 e. The Kier molecular flexibility index (Phi) is 5.25. The van der Waals surface area contributed by atoms with Gasteiger partial charge in [-0.15, -0.1) is 0 Å². The molecule has 8 heteroatoms. The van der Waals surface area contributed by atoms with Crippen molar-refractivity contribution in [3.63, 3.8) is 0 Å². The monoisotopic (exact) mass is 374 g/mol. The molecule has 0 radical (unpaired) electrons. The van der Waals surface area contributed by atoms with Gasteiger partial charge in [-0.2, -0.15) is 4.73 Å². The van der Waals surface area contributed by atoms with Crippen LogP contribution >= 0.6 is 0 Å². The van der Waals surface area contributed by atoms with Gasteiger partial charge in [0.15, 0.2) is 0 Å². The van der Waals surface area contributed by atoms with Crippen molar-refractivity contribution in [3.05, 3.63) is 99.7 Å². The van der Waals surface area contributed by atoms with Crippen molar-refractivity contribution in [3.8, 4) is 0 Å². The number of rotatable bonds is 5. The molecule has 138 valence electrons. The van der Waals surface area contributed by atoms with Crippen LogP contribution in [-0.4, -0.2) is 10.6 Å². The summed E-state index contributed by atoms with van der Waals surface area (Å²) in [6.45, 7) is -0.0484. The highest BCUT2D eigenvalue weighted by atomic mass is 19.1. The van der Waals surface area contributed by atoms with E-state index in [2.05, 4.69) is 0 Å². The lowest BCUT2D eigenvalue weighted by Gasteiger charge is -2.11. The number of pyridine rings is 1. The summed E-state index contributed by atoms with van der Waals surface area (Å²) in [5.41, 5.74) is -1.22. The van der Waals surface area contributed by atoms with Crippen LogP contribution in [0.2, 0.25) is 0 Å². The van der Waals surface area contributed by atoms with Crippen LogP contribution in [0, 0.1) is 17.5 Å². The Morgan fingerprint density at radius 3 is 2.30 bits per heavy atom.